The van der Waals surface area contributed by atoms with Crippen molar-refractivity contribution in [1.82, 2.24) is 0 Å². The molecule has 0 aliphatic heterocycles. The standard InChI is InChI=1S/C18H28O2/c1-5-20-15-11-7-6-10-14(15)18(19)13-9-8-12-16(18)17(2,3)4/h6-7,10-11,16,19H,5,8-9,12-13H2,1-4H3. The second kappa shape index (κ2) is 5.77. The lowest BCUT2D eigenvalue weighted by Gasteiger charge is -2.47. The fourth-order valence-corrected chi connectivity index (χ4v) is 3.73. The van der Waals surface area contributed by atoms with Gasteiger partial charge in [-0.15, -0.1) is 0 Å². The molecule has 0 spiro atoms. The normalized spacial score (nSPS) is 27.4. The third-order valence-electron chi connectivity index (χ3n) is 4.58. The first kappa shape index (κ1) is 15.4. The molecule has 2 heteroatoms. The number of hydrogen-bond donors (Lipinski definition) is 1. The van der Waals surface area contributed by atoms with Crippen LogP contribution in [0.15, 0.2) is 24.3 Å². The molecular formula is C18H28O2. The Morgan fingerprint density at radius 1 is 1.25 bits per heavy atom. The molecule has 2 rings (SSSR count). The van der Waals surface area contributed by atoms with Gasteiger partial charge in [0.25, 0.3) is 0 Å². The van der Waals surface area contributed by atoms with Crippen molar-refractivity contribution in [2.75, 3.05) is 6.61 Å². The zero-order valence-electron chi connectivity index (χ0n) is 13.3. The molecule has 1 aromatic rings. The molecule has 2 atom stereocenters. The van der Waals surface area contributed by atoms with E-state index in [9.17, 15) is 5.11 Å². The smallest absolute Gasteiger partial charge is 0.125 e. The molecule has 0 saturated heterocycles. The lowest BCUT2D eigenvalue weighted by Crippen LogP contribution is -2.44. The molecule has 1 N–H and O–H groups in total. The number of rotatable bonds is 3. The zero-order valence-corrected chi connectivity index (χ0v) is 13.3. The molecule has 1 aliphatic carbocycles. The summed E-state index contributed by atoms with van der Waals surface area (Å²) in [6.45, 7) is 9.32. The Balaban J connectivity index is 2.46. The predicted octanol–water partition coefficient (Wildman–Crippen LogP) is 4.51. The highest BCUT2D eigenvalue weighted by Gasteiger charge is 2.47. The second-order valence-electron chi connectivity index (χ2n) is 7.02. The third kappa shape index (κ3) is 2.85. The van der Waals surface area contributed by atoms with Crippen molar-refractivity contribution in [1.29, 1.82) is 0 Å². The summed E-state index contributed by atoms with van der Waals surface area (Å²) in [6.07, 6.45) is 4.21. The summed E-state index contributed by atoms with van der Waals surface area (Å²) in [4.78, 5) is 0. The van der Waals surface area contributed by atoms with E-state index < -0.39 is 5.60 Å². The van der Waals surface area contributed by atoms with Crippen molar-refractivity contribution in [3.63, 3.8) is 0 Å². The van der Waals surface area contributed by atoms with Crippen LogP contribution in [0.1, 0.15) is 58.9 Å². The van der Waals surface area contributed by atoms with Gasteiger partial charge in [0.2, 0.25) is 0 Å². The maximum Gasteiger partial charge on any atom is 0.125 e. The van der Waals surface area contributed by atoms with Crippen LogP contribution in [0.3, 0.4) is 0 Å². The Kier molecular flexibility index (Phi) is 4.43. The average molecular weight is 276 g/mol. The van der Waals surface area contributed by atoms with Gasteiger partial charge in [0, 0.05) is 5.56 Å². The van der Waals surface area contributed by atoms with Crippen molar-refractivity contribution >= 4 is 0 Å². The first-order chi connectivity index (χ1) is 9.39. The van der Waals surface area contributed by atoms with Crippen LogP contribution in [0.4, 0.5) is 0 Å². The summed E-state index contributed by atoms with van der Waals surface area (Å²) in [5, 5.41) is 11.5. The average Bonchev–Trinajstić information content (AvgIpc) is 2.39. The highest BCUT2D eigenvalue weighted by atomic mass is 16.5. The predicted molar refractivity (Wildman–Crippen MR) is 82.9 cm³/mol. The quantitative estimate of drug-likeness (QED) is 0.880. The van der Waals surface area contributed by atoms with Gasteiger partial charge < -0.3 is 9.84 Å². The number of para-hydroxylation sites is 1. The van der Waals surface area contributed by atoms with E-state index >= 15 is 0 Å². The van der Waals surface area contributed by atoms with Crippen molar-refractivity contribution < 1.29 is 9.84 Å². The maximum atomic E-state index is 11.5. The van der Waals surface area contributed by atoms with Gasteiger partial charge >= 0.3 is 0 Å². The van der Waals surface area contributed by atoms with Gasteiger partial charge in [0.15, 0.2) is 0 Å². The van der Waals surface area contributed by atoms with E-state index in [2.05, 4.69) is 20.8 Å². The van der Waals surface area contributed by atoms with Crippen LogP contribution >= 0.6 is 0 Å². The van der Waals surface area contributed by atoms with E-state index in [0.717, 1.165) is 30.6 Å². The van der Waals surface area contributed by atoms with E-state index in [0.29, 0.717) is 6.61 Å². The van der Waals surface area contributed by atoms with Gasteiger partial charge in [0.1, 0.15) is 5.75 Å². The molecular weight excluding hydrogens is 248 g/mol. The molecule has 2 unspecified atom stereocenters. The van der Waals surface area contributed by atoms with E-state index in [4.69, 9.17) is 4.74 Å². The van der Waals surface area contributed by atoms with E-state index in [1.807, 2.05) is 31.2 Å². The van der Waals surface area contributed by atoms with Crippen LogP contribution in [0.5, 0.6) is 5.75 Å². The van der Waals surface area contributed by atoms with Gasteiger partial charge in [-0.25, -0.2) is 0 Å². The number of aliphatic hydroxyl groups is 1. The Labute approximate surface area is 123 Å². The number of hydrogen-bond acceptors (Lipinski definition) is 2. The lowest BCUT2D eigenvalue weighted by molar-refractivity contribution is -0.0972. The molecule has 2 nitrogen and oxygen atoms in total. The topological polar surface area (TPSA) is 29.5 Å². The van der Waals surface area contributed by atoms with Crippen molar-refractivity contribution in [3.05, 3.63) is 29.8 Å². The molecule has 0 amide bonds. The Morgan fingerprint density at radius 2 is 1.95 bits per heavy atom. The third-order valence-corrected chi connectivity index (χ3v) is 4.58. The molecule has 0 aromatic heterocycles. The van der Waals surface area contributed by atoms with Crippen LogP contribution < -0.4 is 4.74 Å². The Morgan fingerprint density at radius 3 is 2.60 bits per heavy atom. The van der Waals surface area contributed by atoms with Crippen LogP contribution in [-0.2, 0) is 5.60 Å². The molecule has 0 bridgehead atoms. The Hall–Kier alpha value is -1.02. The summed E-state index contributed by atoms with van der Waals surface area (Å²) in [5.74, 6) is 1.11. The second-order valence-corrected chi connectivity index (χ2v) is 7.02. The fraction of sp³-hybridized carbons (Fsp3) is 0.667. The van der Waals surface area contributed by atoms with Gasteiger partial charge in [0.05, 0.1) is 12.2 Å². The summed E-state index contributed by atoms with van der Waals surface area (Å²) in [6, 6.07) is 8.00. The maximum absolute atomic E-state index is 11.5. The summed E-state index contributed by atoms with van der Waals surface area (Å²) < 4.78 is 5.76. The van der Waals surface area contributed by atoms with Crippen LogP contribution in [-0.4, -0.2) is 11.7 Å². The monoisotopic (exact) mass is 276 g/mol. The van der Waals surface area contributed by atoms with E-state index in [1.54, 1.807) is 0 Å². The molecule has 20 heavy (non-hydrogen) atoms. The first-order valence-electron chi connectivity index (χ1n) is 7.84. The van der Waals surface area contributed by atoms with Crippen LogP contribution in [0, 0.1) is 11.3 Å². The van der Waals surface area contributed by atoms with E-state index in [-0.39, 0.29) is 11.3 Å². The minimum atomic E-state index is -0.762. The minimum Gasteiger partial charge on any atom is -0.493 e. The molecule has 0 heterocycles. The molecule has 1 saturated carbocycles. The van der Waals surface area contributed by atoms with Gasteiger partial charge in [-0.2, -0.15) is 0 Å². The number of ether oxygens (including phenoxy) is 1. The highest BCUT2D eigenvalue weighted by molar-refractivity contribution is 5.39. The van der Waals surface area contributed by atoms with Gasteiger partial charge in [-0.3, -0.25) is 0 Å². The van der Waals surface area contributed by atoms with Crippen LogP contribution in [0.25, 0.3) is 0 Å². The molecule has 1 fully saturated rings. The molecule has 1 aromatic carbocycles. The van der Waals surface area contributed by atoms with Gasteiger partial charge in [-0.1, -0.05) is 51.8 Å². The minimum absolute atomic E-state index is 0.0918. The molecule has 112 valence electrons. The number of benzene rings is 1. The van der Waals surface area contributed by atoms with Crippen molar-refractivity contribution in [2.45, 2.75) is 59.0 Å². The van der Waals surface area contributed by atoms with Crippen LogP contribution in [0.2, 0.25) is 0 Å². The van der Waals surface area contributed by atoms with Crippen molar-refractivity contribution in [2.24, 2.45) is 11.3 Å². The summed E-state index contributed by atoms with van der Waals surface area (Å²) in [5.41, 5.74) is 0.304. The largest absolute Gasteiger partial charge is 0.493 e. The molecule has 1 aliphatic rings. The summed E-state index contributed by atoms with van der Waals surface area (Å²) >= 11 is 0. The first-order valence-corrected chi connectivity index (χ1v) is 7.84. The highest BCUT2D eigenvalue weighted by Crippen LogP contribution is 2.51. The SMILES string of the molecule is CCOc1ccccc1C1(O)CCCCC1C(C)(C)C. The fourth-order valence-electron chi connectivity index (χ4n) is 3.73. The Bertz CT molecular complexity index is 447. The van der Waals surface area contributed by atoms with Crippen molar-refractivity contribution in [3.8, 4) is 5.75 Å². The molecule has 0 radical (unpaired) electrons. The van der Waals surface area contributed by atoms with E-state index in [1.165, 1.54) is 6.42 Å². The van der Waals surface area contributed by atoms with Gasteiger partial charge in [-0.05, 0) is 37.2 Å². The lowest BCUT2D eigenvalue weighted by atomic mass is 9.61. The summed E-state index contributed by atoms with van der Waals surface area (Å²) in [7, 11) is 0. The zero-order chi connectivity index (χ0) is 14.8.